The SMILES string of the molecule is C[C@H]1CN(C(=O)C(=O)c2c[nH]c3c(N4C=CNN4)ncc(F)c23)CCN1c1nnnn1-c1ccccc1. The minimum atomic E-state index is -0.792. The summed E-state index contributed by atoms with van der Waals surface area (Å²) in [4.78, 5) is 37.0. The van der Waals surface area contributed by atoms with E-state index in [0.29, 0.717) is 23.8 Å². The van der Waals surface area contributed by atoms with Crippen molar-refractivity contribution in [1.82, 2.24) is 46.0 Å². The van der Waals surface area contributed by atoms with E-state index in [1.807, 2.05) is 42.2 Å². The zero-order valence-corrected chi connectivity index (χ0v) is 19.7. The van der Waals surface area contributed by atoms with Crippen LogP contribution in [0.4, 0.5) is 16.2 Å². The van der Waals surface area contributed by atoms with E-state index >= 15 is 0 Å². The Morgan fingerprint density at radius 2 is 2.00 bits per heavy atom. The van der Waals surface area contributed by atoms with E-state index in [1.54, 1.807) is 17.1 Å². The van der Waals surface area contributed by atoms with Crippen LogP contribution in [0.1, 0.15) is 17.3 Å². The second-order valence-electron chi connectivity index (χ2n) is 8.67. The normalized spacial score (nSPS) is 17.5. The van der Waals surface area contributed by atoms with Crippen LogP contribution in [-0.4, -0.2) is 72.4 Å². The van der Waals surface area contributed by atoms with E-state index < -0.39 is 17.5 Å². The lowest BCUT2D eigenvalue weighted by atomic mass is 10.1. The number of carbonyl (C=O) groups excluding carboxylic acids is 2. The van der Waals surface area contributed by atoms with Gasteiger partial charge in [-0.3, -0.25) is 9.59 Å². The number of tetrazole rings is 1. The Labute approximate surface area is 209 Å². The molecule has 13 nitrogen and oxygen atoms in total. The summed E-state index contributed by atoms with van der Waals surface area (Å²) in [5.41, 5.74) is 6.66. The quantitative estimate of drug-likeness (QED) is 0.266. The molecule has 1 saturated heterocycles. The maximum Gasteiger partial charge on any atom is 0.295 e. The monoisotopic (exact) mass is 503 g/mol. The summed E-state index contributed by atoms with van der Waals surface area (Å²) >= 11 is 0. The van der Waals surface area contributed by atoms with Crippen molar-refractivity contribution in [3.05, 3.63) is 66.5 Å². The Bertz CT molecular complexity index is 1520. The summed E-state index contributed by atoms with van der Waals surface area (Å²) in [6.45, 7) is 2.91. The van der Waals surface area contributed by atoms with Crippen molar-refractivity contribution >= 4 is 34.4 Å². The number of amides is 1. The van der Waals surface area contributed by atoms with Crippen LogP contribution < -0.4 is 20.9 Å². The molecule has 1 aromatic carbocycles. The third-order valence-electron chi connectivity index (χ3n) is 6.43. The summed E-state index contributed by atoms with van der Waals surface area (Å²) in [6.07, 6.45) is 5.66. The van der Waals surface area contributed by atoms with Gasteiger partial charge in [0.15, 0.2) is 11.6 Å². The fraction of sp³-hybridized carbons (Fsp3) is 0.217. The van der Waals surface area contributed by atoms with Gasteiger partial charge in [-0.15, -0.1) is 5.53 Å². The standard InChI is InChI=1S/C23H22FN11O2/c1-14-13-32(9-10-33(14)23-28-29-31-35(23)15-5-3-2-4-6-15)22(37)20(36)16-11-25-19-18(16)17(24)12-26-21(19)34-8-7-27-30-34/h2-8,11-12,14,25,27,30H,9-10,13H2,1H3/t14-/m0/s1. The van der Waals surface area contributed by atoms with Gasteiger partial charge in [0.2, 0.25) is 0 Å². The largest absolute Gasteiger partial charge is 0.357 e. The number of carbonyl (C=O) groups is 2. The molecule has 2 aliphatic heterocycles. The molecular formula is C23H22FN11O2. The number of nitrogens with one attached hydrogen (secondary N) is 3. The number of rotatable bonds is 5. The first-order valence-corrected chi connectivity index (χ1v) is 11.6. The molecule has 14 heteroatoms. The number of aromatic amines is 1. The van der Waals surface area contributed by atoms with Crippen molar-refractivity contribution in [2.45, 2.75) is 13.0 Å². The highest BCUT2D eigenvalue weighted by Gasteiger charge is 2.34. The van der Waals surface area contributed by atoms with Gasteiger partial charge in [0, 0.05) is 44.3 Å². The van der Waals surface area contributed by atoms with Gasteiger partial charge < -0.3 is 20.2 Å². The molecule has 1 fully saturated rings. The number of hydrogen-bond donors (Lipinski definition) is 3. The first kappa shape index (κ1) is 22.6. The summed E-state index contributed by atoms with van der Waals surface area (Å²) in [5, 5.41) is 13.7. The van der Waals surface area contributed by atoms with E-state index in [0.717, 1.165) is 11.9 Å². The lowest BCUT2D eigenvalue weighted by Gasteiger charge is -2.39. The molecule has 0 unspecified atom stereocenters. The predicted molar refractivity (Wildman–Crippen MR) is 131 cm³/mol. The number of benzene rings is 1. The number of H-pyrrole nitrogens is 1. The number of para-hydroxylation sites is 1. The van der Waals surface area contributed by atoms with Crippen molar-refractivity contribution in [2.75, 3.05) is 29.5 Å². The van der Waals surface area contributed by atoms with E-state index in [-0.39, 0.29) is 30.1 Å². The lowest BCUT2D eigenvalue weighted by Crippen LogP contribution is -2.55. The molecule has 0 aliphatic carbocycles. The Kier molecular flexibility index (Phi) is 5.49. The molecule has 0 radical (unpaired) electrons. The van der Waals surface area contributed by atoms with Crippen LogP contribution in [-0.2, 0) is 4.79 Å². The maximum absolute atomic E-state index is 14.8. The Hall–Kier alpha value is -4.85. The molecule has 0 bridgehead atoms. The summed E-state index contributed by atoms with van der Waals surface area (Å²) < 4.78 is 16.4. The number of ketones is 1. The van der Waals surface area contributed by atoms with Crippen LogP contribution >= 0.6 is 0 Å². The number of halogens is 1. The first-order valence-electron chi connectivity index (χ1n) is 11.6. The molecule has 37 heavy (non-hydrogen) atoms. The lowest BCUT2D eigenvalue weighted by molar-refractivity contribution is -0.127. The zero-order valence-electron chi connectivity index (χ0n) is 19.7. The summed E-state index contributed by atoms with van der Waals surface area (Å²) in [6, 6.07) is 9.33. The highest BCUT2D eigenvalue weighted by molar-refractivity contribution is 6.45. The van der Waals surface area contributed by atoms with Gasteiger partial charge in [-0.2, -0.15) is 4.68 Å². The number of aromatic nitrogens is 6. The molecule has 5 heterocycles. The fourth-order valence-electron chi connectivity index (χ4n) is 4.63. The van der Waals surface area contributed by atoms with Crippen molar-refractivity contribution in [3.8, 4) is 5.69 Å². The van der Waals surface area contributed by atoms with E-state index in [1.165, 1.54) is 16.1 Å². The zero-order chi connectivity index (χ0) is 25.5. The molecule has 1 atom stereocenters. The highest BCUT2D eigenvalue weighted by atomic mass is 19.1. The number of fused-ring (bicyclic) bond motifs is 1. The topological polar surface area (TPSA) is 140 Å². The molecule has 2 aliphatic rings. The minimum Gasteiger partial charge on any atom is -0.357 e. The smallest absolute Gasteiger partial charge is 0.295 e. The van der Waals surface area contributed by atoms with Crippen molar-refractivity contribution in [2.24, 2.45) is 0 Å². The number of hydrogen-bond acceptors (Lipinski definition) is 10. The average Bonchev–Trinajstić information content (AvgIpc) is 3.70. The Morgan fingerprint density at radius 1 is 1.16 bits per heavy atom. The maximum atomic E-state index is 14.8. The second kappa shape index (κ2) is 8.98. The highest BCUT2D eigenvalue weighted by Crippen LogP contribution is 2.29. The number of anilines is 2. The van der Waals surface area contributed by atoms with Gasteiger partial charge in [0.25, 0.3) is 17.6 Å². The van der Waals surface area contributed by atoms with E-state index in [2.05, 4.69) is 36.5 Å². The molecule has 6 rings (SSSR count). The van der Waals surface area contributed by atoms with Gasteiger partial charge in [-0.05, 0) is 29.5 Å². The molecule has 0 spiro atoms. The van der Waals surface area contributed by atoms with Crippen LogP contribution in [0.15, 0.2) is 55.1 Å². The fourth-order valence-corrected chi connectivity index (χ4v) is 4.63. The van der Waals surface area contributed by atoms with Gasteiger partial charge in [0.1, 0.15) is 0 Å². The number of hydrazine groups is 2. The van der Waals surface area contributed by atoms with Gasteiger partial charge in [-0.25, -0.2) is 14.4 Å². The van der Waals surface area contributed by atoms with Crippen LogP contribution in [0.3, 0.4) is 0 Å². The van der Waals surface area contributed by atoms with Gasteiger partial charge in [0.05, 0.1) is 28.4 Å². The summed E-state index contributed by atoms with van der Waals surface area (Å²) in [5.74, 6) is -1.29. The summed E-state index contributed by atoms with van der Waals surface area (Å²) in [7, 11) is 0. The molecule has 4 aromatic rings. The van der Waals surface area contributed by atoms with Gasteiger partial charge >= 0.3 is 0 Å². The number of piperazine rings is 1. The first-order chi connectivity index (χ1) is 18.0. The van der Waals surface area contributed by atoms with Crippen LogP contribution in [0.5, 0.6) is 0 Å². The third kappa shape index (κ3) is 3.83. The van der Waals surface area contributed by atoms with Crippen molar-refractivity contribution in [3.63, 3.8) is 0 Å². The molecule has 3 aromatic heterocycles. The van der Waals surface area contributed by atoms with E-state index in [4.69, 9.17) is 0 Å². The van der Waals surface area contributed by atoms with Crippen LogP contribution in [0.25, 0.3) is 16.6 Å². The van der Waals surface area contributed by atoms with E-state index in [9.17, 15) is 14.0 Å². The Balaban J connectivity index is 1.22. The van der Waals surface area contributed by atoms with Crippen molar-refractivity contribution < 1.29 is 14.0 Å². The number of Topliss-reactive ketones (excluding diaryl/α,β-unsaturated/α-hetero) is 1. The molecule has 3 N–H and O–H groups in total. The number of pyridine rings is 1. The number of nitrogens with zero attached hydrogens (tertiary/aromatic N) is 8. The molecule has 1 amide bonds. The molecular weight excluding hydrogens is 481 g/mol. The second-order valence-corrected chi connectivity index (χ2v) is 8.67. The third-order valence-corrected chi connectivity index (χ3v) is 6.43. The van der Waals surface area contributed by atoms with Crippen molar-refractivity contribution in [1.29, 1.82) is 0 Å². The average molecular weight is 504 g/mol. The minimum absolute atomic E-state index is 0.0131. The Morgan fingerprint density at radius 3 is 2.76 bits per heavy atom. The van der Waals surface area contributed by atoms with Gasteiger partial charge in [-0.1, -0.05) is 23.3 Å². The molecule has 188 valence electrons. The molecule has 0 saturated carbocycles. The van der Waals surface area contributed by atoms with Crippen LogP contribution in [0, 0.1) is 5.82 Å². The van der Waals surface area contributed by atoms with Crippen LogP contribution in [0.2, 0.25) is 0 Å². The predicted octanol–water partition coefficient (Wildman–Crippen LogP) is 0.898.